The number of benzene rings is 1. The summed E-state index contributed by atoms with van der Waals surface area (Å²) in [5.41, 5.74) is 4.06. The van der Waals surface area contributed by atoms with Gasteiger partial charge in [-0.3, -0.25) is 4.98 Å². The average molecular weight is 439 g/mol. The van der Waals surface area contributed by atoms with Crippen molar-refractivity contribution in [1.82, 2.24) is 14.3 Å². The van der Waals surface area contributed by atoms with Crippen molar-refractivity contribution >= 4 is 32.3 Å². The highest BCUT2D eigenvalue weighted by Crippen LogP contribution is 2.33. The molecule has 2 unspecified atom stereocenters. The molecular formula is C23H26N4O3S. The third-order valence-electron chi connectivity index (χ3n) is 6.12. The second-order valence-electron chi connectivity index (χ2n) is 8.34. The fourth-order valence-corrected chi connectivity index (χ4v) is 5.88. The minimum Gasteiger partial charge on any atom is -0.391 e. The summed E-state index contributed by atoms with van der Waals surface area (Å²) in [4.78, 5) is 6.76. The van der Waals surface area contributed by atoms with Crippen LogP contribution in [-0.2, 0) is 10.0 Å². The van der Waals surface area contributed by atoms with Gasteiger partial charge in [-0.15, -0.1) is 0 Å². The van der Waals surface area contributed by atoms with Crippen LogP contribution < -0.4 is 10.2 Å². The molecule has 3 aromatic rings. The molecule has 2 N–H and O–H groups in total. The summed E-state index contributed by atoms with van der Waals surface area (Å²) in [6.07, 6.45) is 6.66. The van der Waals surface area contributed by atoms with E-state index in [4.69, 9.17) is 0 Å². The van der Waals surface area contributed by atoms with Gasteiger partial charge in [0.2, 0.25) is 0 Å². The van der Waals surface area contributed by atoms with E-state index < -0.39 is 10.0 Å². The average Bonchev–Trinajstić information content (AvgIpc) is 3.38. The molecule has 31 heavy (non-hydrogen) atoms. The molecule has 2 aliphatic rings. The Kier molecular flexibility index (Phi) is 5.08. The molecule has 1 saturated heterocycles. The molecule has 0 amide bonds. The highest BCUT2D eigenvalue weighted by Gasteiger charge is 2.26. The fraction of sp³-hybridized carbons (Fsp3) is 0.348. The number of hydrogen-bond donors (Lipinski definition) is 2. The predicted molar refractivity (Wildman–Crippen MR) is 122 cm³/mol. The standard InChI is InChI=1S/C23H26N4O3S/c1-16-12-17(7-10-24-16)21-15-27(22-6-3-9-25-23(21)22)31(29,30)20-5-2-4-18(13-20)26-11-8-19(28)14-26/h2-7,9,13,15-16,19,24,28H,8,10-12,14H2,1H3. The van der Waals surface area contributed by atoms with E-state index in [1.54, 1.807) is 42.7 Å². The topological polar surface area (TPSA) is 87.5 Å². The number of aliphatic hydroxyl groups excluding tert-OH is 1. The third kappa shape index (κ3) is 3.64. The number of β-amino-alcohol motifs (C(OH)–C–C–N with tert-alkyl or cyclic N) is 1. The molecule has 0 saturated carbocycles. The van der Waals surface area contributed by atoms with Gasteiger partial charge in [-0.1, -0.05) is 12.1 Å². The zero-order valence-electron chi connectivity index (χ0n) is 17.4. The van der Waals surface area contributed by atoms with Crippen molar-refractivity contribution in [2.24, 2.45) is 0 Å². The quantitative estimate of drug-likeness (QED) is 0.651. The number of rotatable bonds is 4. The molecule has 5 rings (SSSR count). The predicted octanol–water partition coefficient (Wildman–Crippen LogP) is 2.61. The molecule has 8 heteroatoms. The molecule has 4 heterocycles. The van der Waals surface area contributed by atoms with E-state index >= 15 is 0 Å². The van der Waals surface area contributed by atoms with Crippen LogP contribution in [-0.4, -0.2) is 54.3 Å². The highest BCUT2D eigenvalue weighted by atomic mass is 32.2. The number of aliphatic hydroxyl groups is 1. The molecule has 7 nitrogen and oxygen atoms in total. The summed E-state index contributed by atoms with van der Waals surface area (Å²) in [5.74, 6) is 0. The number of hydrogen-bond acceptors (Lipinski definition) is 6. The Balaban J connectivity index is 1.60. The van der Waals surface area contributed by atoms with Gasteiger partial charge in [-0.2, -0.15) is 0 Å². The lowest BCUT2D eigenvalue weighted by atomic mass is 9.97. The minimum atomic E-state index is -3.82. The molecule has 0 radical (unpaired) electrons. The second kappa shape index (κ2) is 7.78. The minimum absolute atomic E-state index is 0.228. The van der Waals surface area contributed by atoms with E-state index in [0.29, 0.717) is 36.6 Å². The Labute approximate surface area is 182 Å². The number of nitrogens with one attached hydrogen (secondary N) is 1. The van der Waals surface area contributed by atoms with Gasteiger partial charge in [0.1, 0.15) is 0 Å². The van der Waals surface area contributed by atoms with E-state index in [1.165, 1.54) is 3.97 Å². The molecule has 0 spiro atoms. The summed E-state index contributed by atoms with van der Waals surface area (Å²) in [7, 11) is -3.82. The fourth-order valence-electron chi connectivity index (χ4n) is 4.48. The Hall–Kier alpha value is -2.68. The Bertz CT molecular complexity index is 1260. The van der Waals surface area contributed by atoms with Gasteiger partial charge in [-0.25, -0.2) is 12.4 Å². The van der Waals surface area contributed by atoms with Gasteiger partial charge >= 0.3 is 0 Å². The van der Waals surface area contributed by atoms with E-state index in [1.807, 2.05) is 11.0 Å². The lowest BCUT2D eigenvalue weighted by Crippen LogP contribution is -2.29. The number of nitrogens with zero attached hydrogens (tertiary/aromatic N) is 3. The molecule has 2 aliphatic heterocycles. The molecule has 1 fully saturated rings. The van der Waals surface area contributed by atoms with Gasteiger partial charge < -0.3 is 15.3 Å². The Morgan fingerprint density at radius 1 is 1.23 bits per heavy atom. The molecular weight excluding hydrogens is 412 g/mol. The maximum atomic E-state index is 13.7. The number of anilines is 1. The van der Waals surface area contributed by atoms with Crippen molar-refractivity contribution in [1.29, 1.82) is 0 Å². The first-order valence-electron chi connectivity index (χ1n) is 10.6. The number of fused-ring (bicyclic) bond motifs is 1. The zero-order chi connectivity index (χ0) is 21.6. The van der Waals surface area contributed by atoms with Crippen molar-refractivity contribution in [2.75, 3.05) is 24.5 Å². The first kappa shape index (κ1) is 20.2. The molecule has 0 bridgehead atoms. The lowest BCUT2D eigenvalue weighted by Gasteiger charge is -2.20. The van der Waals surface area contributed by atoms with Crippen LogP contribution in [0.25, 0.3) is 16.6 Å². The van der Waals surface area contributed by atoms with E-state index in [9.17, 15) is 13.5 Å². The molecule has 2 atom stereocenters. The summed E-state index contributed by atoms with van der Waals surface area (Å²) < 4.78 is 28.7. The maximum absolute atomic E-state index is 13.7. The van der Waals surface area contributed by atoms with Crippen LogP contribution in [0.5, 0.6) is 0 Å². The van der Waals surface area contributed by atoms with Crippen LogP contribution in [0.2, 0.25) is 0 Å². The normalized spacial score (nSPS) is 22.1. The summed E-state index contributed by atoms with van der Waals surface area (Å²) in [6, 6.07) is 10.9. The first-order chi connectivity index (χ1) is 14.9. The first-order valence-corrected chi connectivity index (χ1v) is 12.0. The lowest BCUT2D eigenvalue weighted by molar-refractivity contribution is 0.198. The van der Waals surface area contributed by atoms with Crippen LogP contribution in [0.15, 0.2) is 59.8 Å². The molecule has 0 aliphatic carbocycles. The molecule has 1 aromatic carbocycles. The van der Waals surface area contributed by atoms with Crippen LogP contribution in [0.3, 0.4) is 0 Å². The van der Waals surface area contributed by atoms with Gasteiger partial charge in [0.25, 0.3) is 10.0 Å². The zero-order valence-corrected chi connectivity index (χ0v) is 18.2. The second-order valence-corrected chi connectivity index (χ2v) is 10.2. The highest BCUT2D eigenvalue weighted by molar-refractivity contribution is 7.90. The van der Waals surface area contributed by atoms with Crippen molar-refractivity contribution < 1.29 is 13.5 Å². The largest absolute Gasteiger partial charge is 0.391 e. The van der Waals surface area contributed by atoms with E-state index in [0.717, 1.165) is 29.8 Å². The summed E-state index contributed by atoms with van der Waals surface area (Å²) >= 11 is 0. The van der Waals surface area contributed by atoms with Gasteiger partial charge in [0.05, 0.1) is 22.0 Å². The summed E-state index contributed by atoms with van der Waals surface area (Å²) in [5, 5.41) is 13.2. The van der Waals surface area contributed by atoms with Crippen LogP contribution in [0, 0.1) is 0 Å². The van der Waals surface area contributed by atoms with Crippen LogP contribution in [0.4, 0.5) is 5.69 Å². The number of aromatic nitrogens is 2. The van der Waals surface area contributed by atoms with Gasteiger partial charge in [-0.05, 0) is 55.7 Å². The van der Waals surface area contributed by atoms with Gasteiger partial charge in [0.15, 0.2) is 0 Å². The van der Waals surface area contributed by atoms with Crippen LogP contribution in [0.1, 0.15) is 25.3 Å². The maximum Gasteiger partial charge on any atom is 0.268 e. The van der Waals surface area contributed by atoms with E-state index in [2.05, 4.69) is 23.3 Å². The molecule has 162 valence electrons. The Morgan fingerprint density at radius 3 is 2.87 bits per heavy atom. The van der Waals surface area contributed by atoms with Crippen molar-refractivity contribution in [2.45, 2.75) is 36.8 Å². The summed E-state index contributed by atoms with van der Waals surface area (Å²) in [6.45, 7) is 4.11. The van der Waals surface area contributed by atoms with Crippen LogP contribution >= 0.6 is 0 Å². The number of pyridine rings is 1. The van der Waals surface area contributed by atoms with Crippen molar-refractivity contribution in [3.8, 4) is 0 Å². The monoisotopic (exact) mass is 438 g/mol. The van der Waals surface area contributed by atoms with Crippen molar-refractivity contribution in [3.63, 3.8) is 0 Å². The SMILES string of the molecule is CC1CC(c2cn(S(=O)(=O)c3cccc(N4CCC(O)C4)c3)c3cccnc23)=CCN1. The Morgan fingerprint density at radius 2 is 2.10 bits per heavy atom. The smallest absolute Gasteiger partial charge is 0.268 e. The van der Waals surface area contributed by atoms with E-state index in [-0.39, 0.29) is 11.0 Å². The van der Waals surface area contributed by atoms with Gasteiger partial charge in [0, 0.05) is 49.3 Å². The third-order valence-corrected chi connectivity index (χ3v) is 7.78. The van der Waals surface area contributed by atoms with Crippen molar-refractivity contribution in [3.05, 3.63) is 60.4 Å². The molecule has 2 aromatic heterocycles.